The summed E-state index contributed by atoms with van der Waals surface area (Å²) in [7, 11) is -1.67. The number of benzene rings is 2. The minimum atomic E-state index is -3.79. The van der Waals surface area contributed by atoms with Crippen molar-refractivity contribution < 1.29 is 17.6 Å². The van der Waals surface area contributed by atoms with Crippen molar-refractivity contribution in [2.24, 2.45) is 0 Å². The maximum absolute atomic E-state index is 13.6. The zero-order valence-corrected chi connectivity index (χ0v) is 18.9. The van der Waals surface area contributed by atoms with Gasteiger partial charge in [0, 0.05) is 38.4 Å². The predicted molar refractivity (Wildman–Crippen MR) is 121 cm³/mol. The Morgan fingerprint density at radius 3 is 2.35 bits per heavy atom. The highest BCUT2D eigenvalue weighted by atomic mass is 32.2. The highest BCUT2D eigenvalue weighted by Gasteiger charge is 2.29. The van der Waals surface area contributed by atoms with E-state index in [0.717, 1.165) is 54.1 Å². The number of hydrogen-bond acceptors (Lipinski definition) is 5. The summed E-state index contributed by atoms with van der Waals surface area (Å²) in [4.78, 5) is 17.3. The van der Waals surface area contributed by atoms with Crippen LogP contribution in [-0.4, -0.2) is 64.7 Å². The van der Waals surface area contributed by atoms with E-state index in [0.29, 0.717) is 0 Å². The molecule has 9 heteroatoms. The van der Waals surface area contributed by atoms with Crippen LogP contribution >= 0.6 is 0 Å². The predicted octanol–water partition coefficient (Wildman–Crippen LogP) is 2.05. The SMILES string of the molecule is C[C@@H](C(=O)NCc1ccc(N2CCN(C)CC2)cc1)N(c1cccc(F)c1)S(C)(=O)=O. The Labute approximate surface area is 183 Å². The second kappa shape index (κ2) is 9.65. The average Bonchev–Trinajstić information content (AvgIpc) is 2.72. The van der Waals surface area contributed by atoms with Gasteiger partial charge in [-0.3, -0.25) is 9.10 Å². The van der Waals surface area contributed by atoms with E-state index in [9.17, 15) is 17.6 Å². The van der Waals surface area contributed by atoms with Crippen LogP contribution in [-0.2, 0) is 21.4 Å². The fourth-order valence-electron chi connectivity index (χ4n) is 3.65. The Morgan fingerprint density at radius 2 is 1.77 bits per heavy atom. The summed E-state index contributed by atoms with van der Waals surface area (Å²) >= 11 is 0. The van der Waals surface area contributed by atoms with Crippen molar-refractivity contribution in [1.82, 2.24) is 10.2 Å². The van der Waals surface area contributed by atoms with Crippen LogP contribution in [0.3, 0.4) is 0 Å². The highest BCUT2D eigenvalue weighted by Crippen LogP contribution is 2.22. The quantitative estimate of drug-likeness (QED) is 0.702. The van der Waals surface area contributed by atoms with E-state index in [4.69, 9.17) is 0 Å². The molecule has 2 aromatic carbocycles. The monoisotopic (exact) mass is 448 g/mol. The van der Waals surface area contributed by atoms with Crippen LogP contribution in [0.5, 0.6) is 0 Å². The van der Waals surface area contributed by atoms with Crippen molar-refractivity contribution in [3.63, 3.8) is 0 Å². The van der Waals surface area contributed by atoms with Crippen LogP contribution in [0.2, 0.25) is 0 Å². The van der Waals surface area contributed by atoms with Crippen LogP contribution in [0.1, 0.15) is 12.5 Å². The summed E-state index contributed by atoms with van der Waals surface area (Å²) in [5.41, 5.74) is 2.17. The van der Waals surface area contributed by atoms with E-state index in [1.165, 1.54) is 25.1 Å². The van der Waals surface area contributed by atoms with Gasteiger partial charge in [-0.25, -0.2) is 12.8 Å². The van der Waals surface area contributed by atoms with Crippen molar-refractivity contribution in [2.75, 3.05) is 48.7 Å². The molecule has 1 saturated heterocycles. The molecule has 1 amide bonds. The Hall–Kier alpha value is -2.65. The third-order valence-corrected chi connectivity index (χ3v) is 6.66. The third-order valence-electron chi connectivity index (χ3n) is 5.42. The molecule has 0 aliphatic carbocycles. The number of amides is 1. The number of likely N-dealkylation sites (N-methyl/N-ethyl adjacent to an activating group) is 1. The van der Waals surface area contributed by atoms with Crippen LogP contribution in [0, 0.1) is 5.82 Å². The molecule has 1 fully saturated rings. The molecule has 1 heterocycles. The Balaban J connectivity index is 1.63. The van der Waals surface area contributed by atoms with Gasteiger partial charge in [-0.05, 0) is 49.9 Å². The van der Waals surface area contributed by atoms with Gasteiger partial charge in [-0.1, -0.05) is 18.2 Å². The van der Waals surface area contributed by atoms with E-state index < -0.39 is 27.8 Å². The Morgan fingerprint density at radius 1 is 1.13 bits per heavy atom. The van der Waals surface area contributed by atoms with E-state index in [1.807, 2.05) is 24.3 Å². The summed E-state index contributed by atoms with van der Waals surface area (Å²) in [6, 6.07) is 12.2. The zero-order chi connectivity index (χ0) is 22.6. The lowest BCUT2D eigenvalue weighted by Crippen LogP contribution is -2.47. The minimum absolute atomic E-state index is 0.113. The molecule has 168 valence electrons. The Kier molecular flexibility index (Phi) is 7.17. The van der Waals surface area contributed by atoms with Crippen LogP contribution in [0.4, 0.5) is 15.8 Å². The van der Waals surface area contributed by atoms with Gasteiger partial charge >= 0.3 is 0 Å². The summed E-state index contributed by atoms with van der Waals surface area (Å²) in [6.07, 6.45) is 0.999. The smallest absolute Gasteiger partial charge is 0.243 e. The lowest BCUT2D eigenvalue weighted by atomic mass is 10.1. The van der Waals surface area contributed by atoms with Crippen LogP contribution in [0.15, 0.2) is 48.5 Å². The number of hydrogen-bond donors (Lipinski definition) is 1. The van der Waals surface area contributed by atoms with Gasteiger partial charge in [0.15, 0.2) is 0 Å². The second-order valence-corrected chi connectivity index (χ2v) is 9.75. The summed E-state index contributed by atoms with van der Waals surface area (Å²) in [5, 5.41) is 2.78. The van der Waals surface area contributed by atoms with E-state index >= 15 is 0 Å². The molecule has 1 atom stereocenters. The summed E-state index contributed by atoms with van der Waals surface area (Å²) in [6.45, 7) is 5.76. The number of halogens is 1. The first kappa shape index (κ1) is 23.0. The molecule has 1 N–H and O–H groups in total. The molecule has 1 aliphatic heterocycles. The van der Waals surface area contributed by atoms with E-state index in [-0.39, 0.29) is 12.2 Å². The number of sulfonamides is 1. The normalized spacial score (nSPS) is 16.1. The van der Waals surface area contributed by atoms with E-state index in [1.54, 1.807) is 0 Å². The number of carbonyl (C=O) groups is 1. The average molecular weight is 449 g/mol. The van der Waals surface area contributed by atoms with Gasteiger partial charge in [0.2, 0.25) is 15.9 Å². The van der Waals surface area contributed by atoms with Crippen molar-refractivity contribution in [1.29, 1.82) is 0 Å². The molecule has 0 bridgehead atoms. The first-order valence-electron chi connectivity index (χ1n) is 10.2. The largest absolute Gasteiger partial charge is 0.369 e. The lowest BCUT2D eigenvalue weighted by molar-refractivity contribution is -0.122. The standard InChI is InChI=1S/C22H29FN4O3S/c1-17(27(31(3,29)30)21-6-4-5-19(23)15-21)22(28)24-16-18-7-9-20(10-8-18)26-13-11-25(2)12-14-26/h4-10,15,17H,11-14,16H2,1-3H3,(H,24,28)/t17-/m0/s1. The van der Waals surface area contributed by atoms with Gasteiger partial charge in [0.25, 0.3) is 0 Å². The molecule has 0 radical (unpaired) electrons. The van der Waals surface area contributed by atoms with E-state index in [2.05, 4.69) is 22.2 Å². The molecular formula is C22H29FN4O3S. The minimum Gasteiger partial charge on any atom is -0.369 e. The molecule has 0 aromatic heterocycles. The van der Waals surface area contributed by atoms with Crippen LogP contribution in [0.25, 0.3) is 0 Å². The molecule has 3 rings (SSSR count). The number of piperazine rings is 1. The number of carbonyl (C=O) groups excluding carboxylic acids is 1. The number of nitrogens with zero attached hydrogens (tertiary/aromatic N) is 3. The third kappa shape index (κ3) is 5.95. The molecular weight excluding hydrogens is 419 g/mol. The highest BCUT2D eigenvalue weighted by molar-refractivity contribution is 7.92. The number of anilines is 2. The second-order valence-electron chi connectivity index (χ2n) is 7.89. The fourth-order valence-corrected chi connectivity index (χ4v) is 4.81. The molecule has 0 saturated carbocycles. The van der Waals surface area contributed by atoms with Gasteiger partial charge in [0.1, 0.15) is 11.9 Å². The first-order valence-corrected chi connectivity index (χ1v) is 12.0. The Bertz CT molecular complexity index is 1010. The maximum Gasteiger partial charge on any atom is 0.243 e. The first-order chi connectivity index (χ1) is 14.6. The van der Waals surface area contributed by atoms with Crippen molar-refractivity contribution in [3.05, 3.63) is 59.9 Å². The molecule has 1 aliphatic rings. The summed E-state index contributed by atoms with van der Waals surface area (Å²) < 4.78 is 39.1. The summed E-state index contributed by atoms with van der Waals surface area (Å²) in [5.74, 6) is -1.03. The zero-order valence-electron chi connectivity index (χ0n) is 18.1. The molecule has 2 aromatic rings. The van der Waals surface area contributed by atoms with Gasteiger partial charge < -0.3 is 15.1 Å². The fraction of sp³-hybridized carbons (Fsp3) is 0.409. The number of nitrogens with one attached hydrogen (secondary N) is 1. The molecule has 0 spiro atoms. The van der Waals surface area contributed by atoms with Crippen molar-refractivity contribution in [3.8, 4) is 0 Å². The molecule has 7 nitrogen and oxygen atoms in total. The number of rotatable bonds is 7. The van der Waals surface area contributed by atoms with Gasteiger partial charge in [0.05, 0.1) is 11.9 Å². The maximum atomic E-state index is 13.6. The van der Waals surface area contributed by atoms with Gasteiger partial charge in [-0.15, -0.1) is 0 Å². The topological polar surface area (TPSA) is 73.0 Å². The molecule has 31 heavy (non-hydrogen) atoms. The van der Waals surface area contributed by atoms with Crippen molar-refractivity contribution in [2.45, 2.75) is 19.5 Å². The van der Waals surface area contributed by atoms with Crippen molar-refractivity contribution >= 4 is 27.3 Å². The van der Waals surface area contributed by atoms with Crippen LogP contribution < -0.4 is 14.5 Å². The van der Waals surface area contributed by atoms with Gasteiger partial charge in [-0.2, -0.15) is 0 Å². The molecule has 0 unspecified atom stereocenters. The lowest BCUT2D eigenvalue weighted by Gasteiger charge is -2.34.